The molecule has 1 N–H and O–H groups in total. The van der Waals surface area contributed by atoms with E-state index < -0.39 is 9.84 Å². The molecule has 156 valence electrons. The van der Waals surface area contributed by atoms with Crippen LogP contribution >= 0.6 is 0 Å². The Balaban J connectivity index is 1.63. The largest absolute Gasteiger partial charge is 0.375 e. The average Bonchev–Trinajstić information content (AvgIpc) is 2.76. The van der Waals surface area contributed by atoms with Gasteiger partial charge in [0.05, 0.1) is 4.90 Å². The van der Waals surface area contributed by atoms with E-state index in [1.807, 2.05) is 43.4 Å². The monoisotopic (exact) mass is 422 g/mol. The molecule has 0 aliphatic carbocycles. The summed E-state index contributed by atoms with van der Waals surface area (Å²) in [4.78, 5) is 15.2. The highest BCUT2D eigenvalue weighted by Gasteiger charge is 2.13. The molecule has 0 aliphatic heterocycles. The second-order valence-electron chi connectivity index (χ2n) is 7.21. The first-order valence-electron chi connectivity index (χ1n) is 9.80. The highest BCUT2D eigenvalue weighted by Crippen LogP contribution is 2.25. The van der Waals surface area contributed by atoms with E-state index >= 15 is 0 Å². The van der Waals surface area contributed by atoms with Gasteiger partial charge in [0.2, 0.25) is 0 Å². The maximum absolute atomic E-state index is 12.8. The predicted molar refractivity (Wildman–Crippen MR) is 122 cm³/mol. The Bertz CT molecular complexity index is 1090. The van der Waals surface area contributed by atoms with E-state index in [-0.39, 0.29) is 10.8 Å². The number of carbonyl (C=O) groups excluding carboxylic acids is 1. The molecule has 6 heteroatoms. The van der Waals surface area contributed by atoms with Crippen molar-refractivity contribution in [1.82, 2.24) is 5.32 Å². The quantitative estimate of drug-likeness (QED) is 0.557. The summed E-state index contributed by atoms with van der Waals surface area (Å²) in [7, 11) is -1.22. The van der Waals surface area contributed by atoms with Crippen molar-refractivity contribution in [2.45, 2.75) is 11.3 Å². The van der Waals surface area contributed by atoms with Crippen LogP contribution in [-0.2, 0) is 9.84 Å². The molecule has 1 amide bonds. The van der Waals surface area contributed by atoms with Gasteiger partial charge in [0.25, 0.3) is 5.91 Å². The van der Waals surface area contributed by atoms with Gasteiger partial charge in [0.1, 0.15) is 0 Å². The van der Waals surface area contributed by atoms with Gasteiger partial charge in [0.15, 0.2) is 9.84 Å². The number of hydrogen-bond acceptors (Lipinski definition) is 4. The summed E-state index contributed by atoms with van der Waals surface area (Å²) in [5.41, 5.74) is 3.29. The number of hydrogen-bond donors (Lipinski definition) is 1. The third-order valence-electron chi connectivity index (χ3n) is 4.92. The zero-order chi connectivity index (χ0) is 21.6. The van der Waals surface area contributed by atoms with E-state index in [0.717, 1.165) is 29.8 Å². The molecule has 0 radical (unpaired) electrons. The Labute approximate surface area is 178 Å². The van der Waals surface area contributed by atoms with Gasteiger partial charge < -0.3 is 10.2 Å². The number of nitrogens with one attached hydrogen (secondary N) is 1. The lowest BCUT2D eigenvalue weighted by molar-refractivity contribution is 0.0954. The molecule has 0 aromatic heterocycles. The maximum atomic E-state index is 12.8. The molecule has 0 atom stereocenters. The molecule has 0 spiro atoms. The smallest absolute Gasteiger partial charge is 0.251 e. The van der Waals surface area contributed by atoms with Crippen LogP contribution in [0.2, 0.25) is 0 Å². The molecule has 0 bridgehead atoms. The zero-order valence-corrected chi connectivity index (χ0v) is 18.0. The van der Waals surface area contributed by atoms with Gasteiger partial charge in [0, 0.05) is 37.6 Å². The summed E-state index contributed by atoms with van der Waals surface area (Å²) in [6, 6.07) is 24.1. The fraction of sp³-hybridized carbons (Fsp3) is 0.208. The van der Waals surface area contributed by atoms with Crippen molar-refractivity contribution in [2.24, 2.45) is 0 Å². The van der Waals surface area contributed by atoms with Crippen LogP contribution in [-0.4, -0.2) is 40.7 Å². The number of benzene rings is 3. The number of rotatable bonds is 8. The Kier molecular flexibility index (Phi) is 6.90. The minimum Gasteiger partial charge on any atom is -0.375 e. The first-order chi connectivity index (χ1) is 14.4. The van der Waals surface area contributed by atoms with Crippen LogP contribution in [0.1, 0.15) is 16.8 Å². The Morgan fingerprint density at radius 2 is 1.53 bits per heavy atom. The molecule has 0 saturated carbocycles. The van der Waals surface area contributed by atoms with Crippen LogP contribution in [0, 0.1) is 0 Å². The van der Waals surface area contributed by atoms with Crippen LogP contribution < -0.4 is 10.2 Å². The lowest BCUT2D eigenvalue weighted by atomic mass is 9.99. The van der Waals surface area contributed by atoms with Crippen molar-refractivity contribution in [3.63, 3.8) is 0 Å². The van der Waals surface area contributed by atoms with Crippen LogP contribution in [0.3, 0.4) is 0 Å². The standard InChI is InChI=1S/C24H26N2O3S/c1-26(20-9-4-3-5-10-20)18-8-17-25-24(27)23-12-7-6-11-22(23)19-13-15-21(16-14-19)30(2,28)29/h3-7,9-16H,8,17-18H2,1-2H3,(H,25,27). The molecule has 0 unspecified atom stereocenters. The molecule has 5 nitrogen and oxygen atoms in total. The molecular weight excluding hydrogens is 396 g/mol. The number of nitrogens with zero attached hydrogens (tertiary/aromatic N) is 1. The maximum Gasteiger partial charge on any atom is 0.251 e. The van der Waals surface area contributed by atoms with Gasteiger partial charge in [-0.1, -0.05) is 48.5 Å². The highest BCUT2D eigenvalue weighted by atomic mass is 32.2. The van der Waals surface area contributed by atoms with Crippen molar-refractivity contribution in [1.29, 1.82) is 0 Å². The molecule has 3 aromatic carbocycles. The molecule has 0 saturated heterocycles. The summed E-state index contributed by atoms with van der Waals surface area (Å²) in [5, 5.41) is 2.99. The van der Waals surface area contributed by atoms with Crippen LogP contribution in [0.5, 0.6) is 0 Å². The molecule has 0 fully saturated rings. The number of amides is 1. The Morgan fingerprint density at radius 1 is 0.900 bits per heavy atom. The lowest BCUT2D eigenvalue weighted by Gasteiger charge is -2.19. The van der Waals surface area contributed by atoms with Crippen LogP contribution in [0.15, 0.2) is 83.8 Å². The van der Waals surface area contributed by atoms with Gasteiger partial charge in [-0.25, -0.2) is 8.42 Å². The fourth-order valence-electron chi connectivity index (χ4n) is 3.24. The predicted octanol–water partition coefficient (Wildman–Crippen LogP) is 4.01. The van der Waals surface area contributed by atoms with E-state index in [2.05, 4.69) is 22.3 Å². The second kappa shape index (κ2) is 9.59. The van der Waals surface area contributed by atoms with Crippen molar-refractivity contribution < 1.29 is 13.2 Å². The van der Waals surface area contributed by atoms with Gasteiger partial charge >= 0.3 is 0 Å². The summed E-state index contributed by atoms with van der Waals surface area (Å²) >= 11 is 0. The first kappa shape index (κ1) is 21.6. The van der Waals surface area contributed by atoms with Crippen molar-refractivity contribution in [3.05, 3.63) is 84.4 Å². The van der Waals surface area contributed by atoms with Gasteiger partial charge in [-0.3, -0.25) is 4.79 Å². The normalized spacial score (nSPS) is 11.1. The van der Waals surface area contributed by atoms with Gasteiger partial charge in [-0.05, 0) is 47.9 Å². The molecule has 0 aliphatic rings. The molecule has 3 aromatic rings. The van der Waals surface area contributed by atoms with Gasteiger partial charge in [-0.15, -0.1) is 0 Å². The number of anilines is 1. The topological polar surface area (TPSA) is 66.5 Å². The van der Waals surface area contributed by atoms with E-state index in [1.165, 1.54) is 6.26 Å². The molecular formula is C24H26N2O3S. The molecule has 30 heavy (non-hydrogen) atoms. The van der Waals surface area contributed by atoms with Crippen molar-refractivity contribution in [2.75, 3.05) is 31.3 Å². The van der Waals surface area contributed by atoms with E-state index in [4.69, 9.17) is 0 Å². The van der Waals surface area contributed by atoms with Crippen molar-refractivity contribution >= 4 is 21.4 Å². The average molecular weight is 423 g/mol. The zero-order valence-electron chi connectivity index (χ0n) is 17.2. The third kappa shape index (κ3) is 5.48. The first-order valence-corrected chi connectivity index (χ1v) is 11.7. The number of para-hydroxylation sites is 1. The Morgan fingerprint density at radius 3 is 2.20 bits per heavy atom. The third-order valence-corrected chi connectivity index (χ3v) is 6.05. The van der Waals surface area contributed by atoms with Crippen LogP contribution in [0.25, 0.3) is 11.1 Å². The number of carbonyl (C=O) groups is 1. The van der Waals surface area contributed by atoms with E-state index in [1.54, 1.807) is 30.3 Å². The molecule has 3 rings (SSSR count). The summed E-state index contributed by atoms with van der Waals surface area (Å²) in [5.74, 6) is -0.139. The van der Waals surface area contributed by atoms with E-state index in [9.17, 15) is 13.2 Å². The SMILES string of the molecule is CN(CCCNC(=O)c1ccccc1-c1ccc(S(C)(=O)=O)cc1)c1ccccc1. The highest BCUT2D eigenvalue weighted by molar-refractivity contribution is 7.90. The van der Waals surface area contributed by atoms with E-state index in [0.29, 0.717) is 12.1 Å². The minimum absolute atomic E-state index is 0.139. The van der Waals surface area contributed by atoms with Crippen LogP contribution in [0.4, 0.5) is 5.69 Å². The second-order valence-corrected chi connectivity index (χ2v) is 9.22. The van der Waals surface area contributed by atoms with Gasteiger partial charge in [-0.2, -0.15) is 0 Å². The summed E-state index contributed by atoms with van der Waals surface area (Å²) < 4.78 is 23.3. The molecule has 0 heterocycles. The lowest BCUT2D eigenvalue weighted by Crippen LogP contribution is -2.28. The minimum atomic E-state index is -3.25. The number of sulfone groups is 1. The Hall–Kier alpha value is -3.12. The van der Waals surface area contributed by atoms with Crippen molar-refractivity contribution in [3.8, 4) is 11.1 Å². The summed E-state index contributed by atoms with van der Waals surface area (Å²) in [6.45, 7) is 1.40. The summed E-state index contributed by atoms with van der Waals surface area (Å²) in [6.07, 6.45) is 2.00. The fourth-order valence-corrected chi connectivity index (χ4v) is 3.87.